The zero-order valence-electron chi connectivity index (χ0n) is 16.5. The number of hydrogen-bond donors (Lipinski definition) is 1. The smallest absolute Gasteiger partial charge is 0.240 e. The third-order valence-electron chi connectivity index (χ3n) is 5.50. The summed E-state index contributed by atoms with van der Waals surface area (Å²) < 4.78 is 3.89. The van der Waals surface area contributed by atoms with Crippen LogP contribution in [0.4, 0.5) is 0 Å². The quantitative estimate of drug-likeness (QED) is 0.474. The molecule has 148 valence electrons. The third-order valence-corrected chi connectivity index (χ3v) is 5.50. The summed E-state index contributed by atoms with van der Waals surface area (Å²) in [4.78, 5) is 30.3. The molecule has 2 heterocycles. The summed E-state index contributed by atoms with van der Waals surface area (Å²) >= 11 is 0. The monoisotopic (exact) mass is 396 g/mol. The molecule has 0 saturated carbocycles. The van der Waals surface area contributed by atoms with E-state index in [-0.39, 0.29) is 17.9 Å². The molecule has 5 rings (SSSR count). The summed E-state index contributed by atoms with van der Waals surface area (Å²) in [7, 11) is 1.94. The Morgan fingerprint density at radius 2 is 1.43 bits per heavy atom. The Morgan fingerprint density at radius 1 is 0.867 bits per heavy atom. The maximum absolute atomic E-state index is 12.8. The molecule has 6 heteroatoms. The van der Waals surface area contributed by atoms with Gasteiger partial charge in [-0.3, -0.25) is 9.59 Å². The summed E-state index contributed by atoms with van der Waals surface area (Å²) in [6, 6.07) is 22.7. The molecular weight excluding hydrogens is 376 g/mol. The number of imidazole rings is 1. The van der Waals surface area contributed by atoms with E-state index in [4.69, 9.17) is 0 Å². The topological polar surface area (TPSA) is 68.9 Å². The van der Waals surface area contributed by atoms with Crippen molar-refractivity contribution in [1.82, 2.24) is 19.4 Å². The van der Waals surface area contributed by atoms with Crippen molar-refractivity contribution in [2.75, 3.05) is 0 Å². The number of carbonyl (C=O) groups excluding carboxylic acids is 1. The second-order valence-electron chi connectivity index (χ2n) is 7.30. The number of nitrogens with one attached hydrogen (secondary N) is 1. The predicted molar refractivity (Wildman–Crippen MR) is 118 cm³/mol. The van der Waals surface area contributed by atoms with Crippen LogP contribution >= 0.6 is 0 Å². The van der Waals surface area contributed by atoms with E-state index < -0.39 is 0 Å². The van der Waals surface area contributed by atoms with E-state index in [1.165, 1.54) is 0 Å². The standard InChI is InChI=1S/C24H20N4O2/c1-27-21-13-7-4-10-18(21)26-22(27)14-25-23(29)15-28-19-11-5-2-8-16(19)24(30)17-9-3-6-12-20(17)28/h2-13H,14-15H2,1H3,(H,25,29). The first kappa shape index (κ1) is 18.1. The van der Waals surface area contributed by atoms with Crippen LogP contribution in [0.1, 0.15) is 5.82 Å². The van der Waals surface area contributed by atoms with Crippen LogP contribution in [0.3, 0.4) is 0 Å². The number of carbonyl (C=O) groups is 1. The van der Waals surface area contributed by atoms with Crippen molar-refractivity contribution in [3.05, 3.63) is 88.8 Å². The van der Waals surface area contributed by atoms with Gasteiger partial charge in [-0.15, -0.1) is 0 Å². The SMILES string of the molecule is Cn1c(CNC(=O)Cn2c3ccccc3c(=O)c3ccccc32)nc2ccccc21. The van der Waals surface area contributed by atoms with Crippen molar-refractivity contribution in [2.24, 2.45) is 7.05 Å². The Kier molecular flexibility index (Phi) is 4.32. The molecule has 5 aromatic rings. The van der Waals surface area contributed by atoms with E-state index in [1.54, 1.807) is 12.1 Å². The normalized spacial score (nSPS) is 11.4. The van der Waals surface area contributed by atoms with Crippen LogP contribution in [0.2, 0.25) is 0 Å². The Balaban J connectivity index is 1.47. The van der Waals surface area contributed by atoms with Crippen LogP contribution in [-0.2, 0) is 24.9 Å². The fraction of sp³-hybridized carbons (Fsp3) is 0.125. The van der Waals surface area contributed by atoms with E-state index >= 15 is 0 Å². The number of aromatic nitrogens is 3. The maximum atomic E-state index is 12.8. The molecule has 6 nitrogen and oxygen atoms in total. The van der Waals surface area contributed by atoms with Gasteiger partial charge in [0, 0.05) is 17.8 Å². The molecule has 0 aliphatic heterocycles. The van der Waals surface area contributed by atoms with Gasteiger partial charge in [-0.2, -0.15) is 0 Å². The van der Waals surface area contributed by atoms with Crippen molar-refractivity contribution in [3.8, 4) is 0 Å². The van der Waals surface area contributed by atoms with Crippen LogP contribution in [0, 0.1) is 0 Å². The number of rotatable bonds is 4. The third kappa shape index (κ3) is 2.93. The van der Waals surface area contributed by atoms with Gasteiger partial charge in [0.15, 0.2) is 5.43 Å². The molecule has 3 aromatic carbocycles. The second-order valence-corrected chi connectivity index (χ2v) is 7.30. The first-order chi connectivity index (χ1) is 14.6. The highest BCUT2D eigenvalue weighted by Gasteiger charge is 2.14. The number of para-hydroxylation sites is 4. The number of hydrogen-bond acceptors (Lipinski definition) is 3. The van der Waals surface area contributed by atoms with E-state index in [0.29, 0.717) is 17.3 Å². The molecule has 30 heavy (non-hydrogen) atoms. The number of nitrogens with zero attached hydrogens (tertiary/aromatic N) is 3. The molecule has 1 amide bonds. The van der Waals surface area contributed by atoms with Gasteiger partial charge in [-0.25, -0.2) is 4.98 Å². The number of aryl methyl sites for hydroxylation is 1. The van der Waals surface area contributed by atoms with E-state index in [1.807, 2.05) is 76.8 Å². The van der Waals surface area contributed by atoms with Crippen molar-refractivity contribution in [1.29, 1.82) is 0 Å². The summed E-state index contributed by atoms with van der Waals surface area (Å²) in [6.07, 6.45) is 0. The molecule has 1 N–H and O–H groups in total. The molecule has 0 spiro atoms. The van der Waals surface area contributed by atoms with Crippen molar-refractivity contribution >= 4 is 38.7 Å². The highest BCUT2D eigenvalue weighted by Crippen LogP contribution is 2.19. The van der Waals surface area contributed by atoms with Crippen molar-refractivity contribution in [2.45, 2.75) is 13.1 Å². The maximum Gasteiger partial charge on any atom is 0.240 e. The Hall–Kier alpha value is -3.93. The lowest BCUT2D eigenvalue weighted by atomic mass is 10.1. The number of amides is 1. The zero-order valence-corrected chi connectivity index (χ0v) is 16.5. The van der Waals surface area contributed by atoms with Crippen LogP contribution in [-0.4, -0.2) is 20.0 Å². The van der Waals surface area contributed by atoms with Crippen LogP contribution in [0.25, 0.3) is 32.8 Å². The average Bonchev–Trinajstić information content (AvgIpc) is 3.11. The van der Waals surface area contributed by atoms with Gasteiger partial charge in [0.25, 0.3) is 0 Å². The lowest BCUT2D eigenvalue weighted by Crippen LogP contribution is -2.29. The molecule has 2 aromatic heterocycles. The Bertz CT molecular complexity index is 1420. The van der Waals surface area contributed by atoms with Crippen LogP contribution < -0.4 is 10.7 Å². The van der Waals surface area contributed by atoms with Gasteiger partial charge in [-0.1, -0.05) is 36.4 Å². The van der Waals surface area contributed by atoms with Gasteiger partial charge in [0.2, 0.25) is 5.91 Å². The number of benzene rings is 3. The molecule has 0 fully saturated rings. The Labute approximate surface area is 172 Å². The summed E-state index contributed by atoms with van der Waals surface area (Å²) in [6.45, 7) is 0.450. The van der Waals surface area contributed by atoms with Crippen molar-refractivity contribution < 1.29 is 4.79 Å². The molecule has 0 aliphatic rings. The predicted octanol–water partition coefficient (Wildman–Crippen LogP) is 3.36. The van der Waals surface area contributed by atoms with E-state index in [2.05, 4.69) is 10.3 Å². The molecule has 0 bridgehead atoms. The average molecular weight is 396 g/mol. The molecule has 0 atom stereocenters. The first-order valence-corrected chi connectivity index (χ1v) is 9.81. The first-order valence-electron chi connectivity index (χ1n) is 9.81. The minimum absolute atomic E-state index is 0.0161. The lowest BCUT2D eigenvalue weighted by Gasteiger charge is -2.15. The van der Waals surface area contributed by atoms with Gasteiger partial charge >= 0.3 is 0 Å². The second kappa shape index (κ2) is 7.15. The minimum atomic E-state index is -0.138. The number of fused-ring (bicyclic) bond motifs is 3. The molecule has 0 saturated heterocycles. The molecule has 0 aliphatic carbocycles. The number of pyridine rings is 1. The van der Waals surface area contributed by atoms with E-state index in [0.717, 1.165) is 27.9 Å². The fourth-order valence-corrected chi connectivity index (χ4v) is 3.98. The zero-order chi connectivity index (χ0) is 20.7. The van der Waals surface area contributed by atoms with Gasteiger partial charge in [0.1, 0.15) is 12.4 Å². The molecule has 0 unspecified atom stereocenters. The summed E-state index contributed by atoms with van der Waals surface area (Å²) in [5.74, 6) is 0.653. The minimum Gasteiger partial charge on any atom is -0.347 e. The highest BCUT2D eigenvalue weighted by molar-refractivity contribution is 5.94. The fourth-order valence-electron chi connectivity index (χ4n) is 3.98. The molecular formula is C24H20N4O2. The largest absolute Gasteiger partial charge is 0.347 e. The van der Waals surface area contributed by atoms with Gasteiger partial charge in [-0.05, 0) is 36.4 Å². The van der Waals surface area contributed by atoms with Crippen LogP contribution in [0.5, 0.6) is 0 Å². The Morgan fingerprint density at radius 3 is 2.07 bits per heavy atom. The lowest BCUT2D eigenvalue weighted by molar-refractivity contribution is -0.121. The van der Waals surface area contributed by atoms with E-state index in [9.17, 15) is 9.59 Å². The van der Waals surface area contributed by atoms with Gasteiger partial charge in [0.05, 0.1) is 28.6 Å². The molecule has 0 radical (unpaired) electrons. The van der Waals surface area contributed by atoms with Gasteiger partial charge < -0.3 is 14.5 Å². The summed E-state index contributed by atoms with van der Waals surface area (Å²) in [5, 5.41) is 4.19. The van der Waals surface area contributed by atoms with Crippen LogP contribution in [0.15, 0.2) is 77.6 Å². The van der Waals surface area contributed by atoms with Crippen molar-refractivity contribution in [3.63, 3.8) is 0 Å². The highest BCUT2D eigenvalue weighted by atomic mass is 16.2. The summed E-state index contributed by atoms with van der Waals surface area (Å²) in [5.41, 5.74) is 3.41.